The van der Waals surface area contributed by atoms with E-state index in [0.29, 0.717) is 12.5 Å². The van der Waals surface area contributed by atoms with E-state index in [9.17, 15) is 4.79 Å². The molecule has 5 nitrogen and oxygen atoms in total. The lowest BCUT2D eigenvalue weighted by Crippen LogP contribution is -2.40. The average Bonchev–Trinajstić information content (AvgIpc) is 3.19. The molecule has 2 heterocycles. The Morgan fingerprint density at radius 1 is 1.00 bits per heavy atom. The molecule has 144 valence electrons. The third-order valence-electron chi connectivity index (χ3n) is 5.33. The summed E-state index contributed by atoms with van der Waals surface area (Å²) in [6, 6.07) is 20.0. The zero-order valence-electron chi connectivity index (χ0n) is 16.0. The molecule has 0 saturated carbocycles. The van der Waals surface area contributed by atoms with E-state index >= 15 is 0 Å². The molecule has 1 N–H and O–H groups in total. The van der Waals surface area contributed by atoms with Crippen LogP contribution in [-0.2, 0) is 11.3 Å². The predicted octanol–water partition coefficient (Wildman–Crippen LogP) is 3.90. The van der Waals surface area contributed by atoms with Crippen LogP contribution in [0.2, 0.25) is 0 Å². The first-order chi connectivity index (χ1) is 13.8. The van der Waals surface area contributed by atoms with Crippen LogP contribution in [0.5, 0.6) is 0 Å². The summed E-state index contributed by atoms with van der Waals surface area (Å²) in [7, 11) is 0. The van der Waals surface area contributed by atoms with Crippen molar-refractivity contribution in [2.24, 2.45) is 5.92 Å². The van der Waals surface area contributed by atoms with Crippen molar-refractivity contribution in [2.45, 2.75) is 19.4 Å². The number of piperidine rings is 1. The van der Waals surface area contributed by atoms with Crippen molar-refractivity contribution in [2.75, 3.05) is 25.0 Å². The van der Waals surface area contributed by atoms with Gasteiger partial charge >= 0.3 is 0 Å². The first kappa shape index (κ1) is 18.4. The van der Waals surface area contributed by atoms with E-state index in [1.807, 2.05) is 54.7 Å². The molecule has 0 atom stereocenters. The minimum Gasteiger partial charge on any atom is -0.331 e. The van der Waals surface area contributed by atoms with Crippen molar-refractivity contribution in [3.8, 4) is 11.4 Å². The number of imidazole rings is 1. The van der Waals surface area contributed by atoms with Crippen molar-refractivity contribution >= 4 is 11.6 Å². The van der Waals surface area contributed by atoms with Crippen LogP contribution in [-0.4, -0.2) is 40.0 Å². The summed E-state index contributed by atoms with van der Waals surface area (Å²) in [4.78, 5) is 19.1. The molecule has 5 heteroatoms. The van der Waals surface area contributed by atoms with Crippen molar-refractivity contribution in [3.63, 3.8) is 0 Å². The summed E-state index contributed by atoms with van der Waals surface area (Å²) in [5.74, 6) is 1.71. The van der Waals surface area contributed by atoms with Crippen molar-refractivity contribution in [3.05, 3.63) is 73.1 Å². The number of carbonyl (C=O) groups excluding carboxylic acids is 1. The third kappa shape index (κ3) is 4.67. The number of likely N-dealkylation sites (tertiary alicyclic amines) is 1. The molecule has 2 aromatic carbocycles. The second kappa shape index (κ2) is 8.85. The minimum atomic E-state index is 0.0608. The first-order valence-electron chi connectivity index (χ1n) is 9.92. The highest BCUT2D eigenvalue weighted by molar-refractivity contribution is 5.92. The van der Waals surface area contributed by atoms with Crippen LogP contribution >= 0.6 is 0 Å². The number of rotatable bonds is 6. The van der Waals surface area contributed by atoms with E-state index in [4.69, 9.17) is 0 Å². The summed E-state index contributed by atoms with van der Waals surface area (Å²) < 4.78 is 2.26. The van der Waals surface area contributed by atoms with Crippen molar-refractivity contribution in [1.29, 1.82) is 0 Å². The molecule has 1 fully saturated rings. The van der Waals surface area contributed by atoms with Gasteiger partial charge in [-0.2, -0.15) is 0 Å². The fraction of sp³-hybridized carbons (Fsp3) is 0.304. The van der Waals surface area contributed by atoms with E-state index in [0.717, 1.165) is 49.6 Å². The quantitative estimate of drug-likeness (QED) is 0.712. The Morgan fingerprint density at radius 2 is 1.68 bits per heavy atom. The molecule has 1 aromatic heterocycles. The molecule has 0 radical (unpaired) electrons. The van der Waals surface area contributed by atoms with Gasteiger partial charge in [0.2, 0.25) is 5.91 Å². The Kier molecular flexibility index (Phi) is 5.83. The molecule has 1 aliphatic heterocycles. The Hall–Kier alpha value is -2.92. The molecule has 1 aliphatic rings. The smallest absolute Gasteiger partial charge is 0.238 e. The summed E-state index contributed by atoms with van der Waals surface area (Å²) in [6.45, 7) is 3.36. The zero-order valence-corrected chi connectivity index (χ0v) is 16.0. The van der Waals surface area contributed by atoms with Crippen LogP contribution in [0.4, 0.5) is 5.69 Å². The second-order valence-electron chi connectivity index (χ2n) is 7.40. The summed E-state index contributed by atoms with van der Waals surface area (Å²) in [5, 5.41) is 2.97. The number of aromatic nitrogens is 2. The van der Waals surface area contributed by atoms with Crippen LogP contribution in [0.15, 0.2) is 73.1 Å². The van der Waals surface area contributed by atoms with Gasteiger partial charge in [0.15, 0.2) is 0 Å². The van der Waals surface area contributed by atoms with Gasteiger partial charge in [-0.05, 0) is 44.0 Å². The highest BCUT2D eigenvalue weighted by Crippen LogP contribution is 2.23. The van der Waals surface area contributed by atoms with Crippen molar-refractivity contribution in [1.82, 2.24) is 14.5 Å². The maximum atomic E-state index is 12.3. The first-order valence-corrected chi connectivity index (χ1v) is 9.92. The lowest BCUT2D eigenvalue weighted by molar-refractivity contribution is -0.117. The number of carbonyl (C=O) groups is 1. The Labute approximate surface area is 166 Å². The molecular formula is C23H26N4O. The summed E-state index contributed by atoms with van der Waals surface area (Å²) >= 11 is 0. The maximum absolute atomic E-state index is 12.3. The molecule has 4 rings (SSSR count). The normalized spacial score (nSPS) is 15.4. The largest absolute Gasteiger partial charge is 0.331 e. The number of hydrogen-bond donors (Lipinski definition) is 1. The molecule has 0 aliphatic carbocycles. The topological polar surface area (TPSA) is 50.2 Å². The minimum absolute atomic E-state index is 0.0608. The Morgan fingerprint density at radius 3 is 2.39 bits per heavy atom. The fourth-order valence-electron chi connectivity index (χ4n) is 3.83. The summed E-state index contributed by atoms with van der Waals surface area (Å²) in [5.41, 5.74) is 2.01. The Balaban J connectivity index is 1.27. The zero-order chi connectivity index (χ0) is 19.2. The van der Waals surface area contributed by atoms with E-state index in [1.165, 1.54) is 0 Å². The van der Waals surface area contributed by atoms with Gasteiger partial charge in [0.05, 0.1) is 6.54 Å². The van der Waals surface area contributed by atoms with Crippen LogP contribution in [0, 0.1) is 5.92 Å². The standard InChI is InChI=1S/C23H26N4O/c28-22(25-21-9-5-2-6-10-21)18-26-14-11-19(12-15-26)17-27-16-13-24-23(27)20-7-3-1-4-8-20/h1-10,13,16,19H,11-12,14-15,17-18H2,(H,25,28). The molecular weight excluding hydrogens is 348 g/mol. The molecule has 1 saturated heterocycles. The van der Waals surface area contributed by atoms with Gasteiger partial charge < -0.3 is 9.88 Å². The number of benzene rings is 2. The highest BCUT2D eigenvalue weighted by atomic mass is 16.2. The van der Waals surface area contributed by atoms with Crippen LogP contribution in [0.3, 0.4) is 0 Å². The molecule has 1 amide bonds. The van der Waals surface area contributed by atoms with Gasteiger partial charge in [-0.15, -0.1) is 0 Å². The number of para-hydroxylation sites is 1. The summed E-state index contributed by atoms with van der Waals surface area (Å²) in [6.07, 6.45) is 6.16. The predicted molar refractivity (Wildman–Crippen MR) is 112 cm³/mol. The van der Waals surface area contributed by atoms with E-state index < -0.39 is 0 Å². The van der Waals surface area contributed by atoms with Gasteiger partial charge in [0, 0.05) is 30.2 Å². The van der Waals surface area contributed by atoms with E-state index in [-0.39, 0.29) is 5.91 Å². The second-order valence-corrected chi connectivity index (χ2v) is 7.40. The highest BCUT2D eigenvalue weighted by Gasteiger charge is 2.22. The molecule has 0 bridgehead atoms. The van der Waals surface area contributed by atoms with E-state index in [1.54, 1.807) is 0 Å². The van der Waals surface area contributed by atoms with Gasteiger partial charge in [-0.1, -0.05) is 48.5 Å². The molecule has 28 heavy (non-hydrogen) atoms. The maximum Gasteiger partial charge on any atom is 0.238 e. The lowest BCUT2D eigenvalue weighted by atomic mass is 9.96. The fourth-order valence-corrected chi connectivity index (χ4v) is 3.83. The number of nitrogens with one attached hydrogen (secondary N) is 1. The SMILES string of the molecule is O=C(CN1CCC(Cn2ccnc2-c2ccccc2)CC1)Nc1ccccc1. The van der Waals surface area contributed by atoms with Gasteiger partial charge in [0.1, 0.15) is 5.82 Å². The molecule has 0 unspecified atom stereocenters. The van der Waals surface area contributed by atoms with Gasteiger partial charge in [-0.3, -0.25) is 9.69 Å². The van der Waals surface area contributed by atoms with Gasteiger partial charge in [-0.25, -0.2) is 4.98 Å². The van der Waals surface area contributed by atoms with Crippen LogP contribution < -0.4 is 5.32 Å². The number of hydrogen-bond acceptors (Lipinski definition) is 3. The third-order valence-corrected chi connectivity index (χ3v) is 5.33. The van der Waals surface area contributed by atoms with Crippen LogP contribution in [0.25, 0.3) is 11.4 Å². The lowest BCUT2D eigenvalue weighted by Gasteiger charge is -2.31. The molecule has 0 spiro atoms. The average molecular weight is 374 g/mol. The number of nitrogens with zero attached hydrogens (tertiary/aromatic N) is 3. The number of amides is 1. The van der Waals surface area contributed by atoms with Crippen molar-refractivity contribution < 1.29 is 4.79 Å². The Bertz CT molecular complexity index is 883. The monoisotopic (exact) mass is 374 g/mol. The molecule has 3 aromatic rings. The van der Waals surface area contributed by atoms with E-state index in [2.05, 4.69) is 38.1 Å². The van der Waals surface area contributed by atoms with Crippen LogP contribution in [0.1, 0.15) is 12.8 Å². The number of anilines is 1. The van der Waals surface area contributed by atoms with Gasteiger partial charge in [0.25, 0.3) is 0 Å².